The molecule has 0 fully saturated rings. The molecular formula is C21H24O4S. The molecule has 0 saturated heterocycles. The maximum Gasteiger partial charge on any atom is 0.338 e. The highest BCUT2D eigenvalue weighted by Crippen LogP contribution is 2.12. The van der Waals surface area contributed by atoms with E-state index < -0.39 is 9.84 Å². The maximum atomic E-state index is 12.2. The van der Waals surface area contributed by atoms with Crippen LogP contribution in [-0.2, 0) is 21.0 Å². The molecule has 0 aliphatic heterocycles. The molecule has 0 radical (unpaired) electrons. The van der Waals surface area contributed by atoms with Gasteiger partial charge in [0.25, 0.3) is 0 Å². The number of benzene rings is 2. The van der Waals surface area contributed by atoms with Crippen LogP contribution in [0.1, 0.15) is 35.7 Å². The summed E-state index contributed by atoms with van der Waals surface area (Å²) < 4.78 is 29.3. The summed E-state index contributed by atoms with van der Waals surface area (Å²) in [5.74, 6) is -0.163. The Labute approximate surface area is 155 Å². The molecule has 26 heavy (non-hydrogen) atoms. The molecule has 0 saturated carbocycles. The SMILES string of the molecule is CCOC(=O)c1ccc(C/C=C/CCCS(=O)(=O)c2ccccc2)cc1. The number of carbonyl (C=O) groups is 1. The van der Waals surface area contributed by atoms with Gasteiger partial charge in [-0.3, -0.25) is 0 Å². The zero-order valence-corrected chi connectivity index (χ0v) is 15.7. The predicted molar refractivity (Wildman–Crippen MR) is 103 cm³/mol. The van der Waals surface area contributed by atoms with E-state index in [1.165, 1.54) is 0 Å². The first-order valence-electron chi connectivity index (χ1n) is 8.72. The Morgan fingerprint density at radius 3 is 2.35 bits per heavy atom. The smallest absolute Gasteiger partial charge is 0.338 e. The number of esters is 1. The number of hydrogen-bond donors (Lipinski definition) is 0. The summed E-state index contributed by atoms with van der Waals surface area (Å²) in [6.07, 6.45) is 6.07. The summed E-state index contributed by atoms with van der Waals surface area (Å²) >= 11 is 0. The van der Waals surface area contributed by atoms with Crippen molar-refractivity contribution < 1.29 is 17.9 Å². The minimum absolute atomic E-state index is 0.148. The van der Waals surface area contributed by atoms with Crippen molar-refractivity contribution >= 4 is 15.8 Å². The van der Waals surface area contributed by atoms with Gasteiger partial charge < -0.3 is 4.74 Å². The molecule has 0 aliphatic carbocycles. The van der Waals surface area contributed by atoms with E-state index in [-0.39, 0.29) is 11.7 Å². The normalized spacial score (nSPS) is 11.6. The van der Waals surface area contributed by atoms with Crippen LogP contribution in [-0.4, -0.2) is 26.7 Å². The molecule has 0 atom stereocenters. The van der Waals surface area contributed by atoms with E-state index in [9.17, 15) is 13.2 Å². The van der Waals surface area contributed by atoms with Crippen molar-refractivity contribution in [3.8, 4) is 0 Å². The topological polar surface area (TPSA) is 60.4 Å². The molecule has 5 heteroatoms. The van der Waals surface area contributed by atoms with E-state index in [0.29, 0.717) is 29.9 Å². The number of hydrogen-bond acceptors (Lipinski definition) is 4. The summed E-state index contributed by atoms with van der Waals surface area (Å²) in [6.45, 7) is 2.14. The lowest BCUT2D eigenvalue weighted by molar-refractivity contribution is 0.0526. The van der Waals surface area contributed by atoms with E-state index in [4.69, 9.17) is 4.74 Å². The Morgan fingerprint density at radius 1 is 1.00 bits per heavy atom. The van der Waals surface area contributed by atoms with Gasteiger partial charge in [0.1, 0.15) is 0 Å². The molecule has 2 aromatic rings. The fourth-order valence-electron chi connectivity index (χ4n) is 2.47. The second-order valence-corrected chi connectivity index (χ2v) is 7.98. The van der Waals surface area contributed by atoms with Crippen molar-refractivity contribution in [2.24, 2.45) is 0 Å². The van der Waals surface area contributed by atoms with Crippen molar-refractivity contribution in [1.82, 2.24) is 0 Å². The van der Waals surface area contributed by atoms with Crippen LogP contribution in [0.2, 0.25) is 0 Å². The molecule has 0 bridgehead atoms. The van der Waals surface area contributed by atoms with Gasteiger partial charge >= 0.3 is 5.97 Å². The number of ether oxygens (including phenoxy) is 1. The summed E-state index contributed by atoms with van der Waals surface area (Å²) in [6, 6.07) is 15.9. The van der Waals surface area contributed by atoms with Gasteiger partial charge in [0.2, 0.25) is 0 Å². The van der Waals surface area contributed by atoms with Crippen LogP contribution in [0.5, 0.6) is 0 Å². The van der Waals surface area contributed by atoms with Gasteiger partial charge in [0.15, 0.2) is 9.84 Å². The van der Waals surface area contributed by atoms with E-state index in [1.807, 2.05) is 24.3 Å². The van der Waals surface area contributed by atoms with Crippen LogP contribution in [0.4, 0.5) is 0 Å². The van der Waals surface area contributed by atoms with Gasteiger partial charge in [-0.05, 0) is 56.0 Å². The Kier molecular flexibility index (Phi) is 7.60. The zero-order chi connectivity index (χ0) is 18.8. The van der Waals surface area contributed by atoms with E-state index >= 15 is 0 Å². The number of rotatable bonds is 9. The highest BCUT2D eigenvalue weighted by molar-refractivity contribution is 7.91. The summed E-state index contributed by atoms with van der Waals surface area (Å²) in [5, 5.41) is 0. The van der Waals surface area contributed by atoms with Crippen molar-refractivity contribution in [1.29, 1.82) is 0 Å². The van der Waals surface area contributed by atoms with E-state index in [0.717, 1.165) is 12.0 Å². The molecule has 0 heterocycles. The second-order valence-electron chi connectivity index (χ2n) is 5.87. The molecule has 0 amide bonds. The first-order chi connectivity index (χ1) is 12.5. The number of sulfone groups is 1. The highest BCUT2D eigenvalue weighted by Gasteiger charge is 2.12. The standard InChI is InChI=1S/C21H24O4S/c1-2-25-21(22)19-15-13-18(14-16-19)10-6-3-4-9-17-26(23,24)20-11-7-5-8-12-20/h3,5-8,11-16H,2,4,9-10,17H2,1H3/b6-3+. The van der Waals surface area contributed by atoms with Crippen molar-refractivity contribution in [2.75, 3.05) is 12.4 Å². The lowest BCUT2D eigenvalue weighted by atomic mass is 10.1. The largest absolute Gasteiger partial charge is 0.462 e. The van der Waals surface area contributed by atoms with Crippen LogP contribution >= 0.6 is 0 Å². The first kappa shape index (κ1) is 19.9. The molecule has 2 aromatic carbocycles. The van der Waals surface area contributed by atoms with Crippen LogP contribution in [0.25, 0.3) is 0 Å². The molecule has 0 aliphatic rings. The van der Waals surface area contributed by atoms with Gasteiger partial charge in [-0.1, -0.05) is 42.5 Å². The number of carbonyl (C=O) groups excluding carboxylic acids is 1. The lowest BCUT2D eigenvalue weighted by Gasteiger charge is -2.03. The quantitative estimate of drug-likeness (QED) is 0.376. The minimum Gasteiger partial charge on any atom is -0.462 e. The molecule has 4 nitrogen and oxygen atoms in total. The molecule has 2 rings (SSSR count). The Bertz CT molecular complexity index is 822. The van der Waals surface area contributed by atoms with Gasteiger partial charge in [0, 0.05) is 0 Å². The van der Waals surface area contributed by atoms with E-state index in [2.05, 4.69) is 0 Å². The van der Waals surface area contributed by atoms with Crippen LogP contribution in [0.3, 0.4) is 0 Å². The van der Waals surface area contributed by atoms with Crippen molar-refractivity contribution in [3.05, 3.63) is 77.9 Å². The van der Waals surface area contributed by atoms with Crippen LogP contribution in [0, 0.1) is 0 Å². The van der Waals surface area contributed by atoms with Gasteiger partial charge in [-0.2, -0.15) is 0 Å². The average molecular weight is 372 g/mol. The highest BCUT2D eigenvalue weighted by atomic mass is 32.2. The van der Waals surface area contributed by atoms with Gasteiger partial charge in [-0.15, -0.1) is 0 Å². The predicted octanol–water partition coefficient (Wildman–Crippen LogP) is 4.22. The molecule has 0 N–H and O–H groups in total. The maximum absolute atomic E-state index is 12.2. The fraction of sp³-hybridized carbons (Fsp3) is 0.286. The Hall–Kier alpha value is -2.40. The Balaban J connectivity index is 1.75. The number of unbranched alkanes of at least 4 members (excludes halogenated alkanes) is 1. The molecule has 138 valence electrons. The molecule has 0 unspecified atom stereocenters. The third-order valence-corrected chi connectivity index (χ3v) is 5.69. The monoisotopic (exact) mass is 372 g/mol. The van der Waals surface area contributed by atoms with Crippen molar-refractivity contribution in [2.45, 2.75) is 31.1 Å². The average Bonchev–Trinajstić information content (AvgIpc) is 2.66. The summed E-state index contributed by atoms with van der Waals surface area (Å²) in [4.78, 5) is 12.0. The summed E-state index contributed by atoms with van der Waals surface area (Å²) in [7, 11) is -3.20. The fourth-order valence-corrected chi connectivity index (χ4v) is 3.82. The summed E-state index contributed by atoms with van der Waals surface area (Å²) in [5.41, 5.74) is 1.64. The first-order valence-corrected chi connectivity index (χ1v) is 10.4. The van der Waals surface area contributed by atoms with Gasteiger partial charge in [-0.25, -0.2) is 13.2 Å². The minimum atomic E-state index is -3.20. The zero-order valence-electron chi connectivity index (χ0n) is 14.9. The number of allylic oxidation sites excluding steroid dienone is 2. The third kappa shape index (κ3) is 6.15. The lowest BCUT2D eigenvalue weighted by Crippen LogP contribution is -2.06. The van der Waals surface area contributed by atoms with Crippen LogP contribution < -0.4 is 0 Å². The van der Waals surface area contributed by atoms with Crippen LogP contribution in [0.15, 0.2) is 71.6 Å². The second kappa shape index (κ2) is 9.92. The molecular weight excluding hydrogens is 348 g/mol. The Morgan fingerprint density at radius 2 is 1.69 bits per heavy atom. The van der Waals surface area contributed by atoms with Crippen molar-refractivity contribution in [3.63, 3.8) is 0 Å². The van der Waals surface area contributed by atoms with Gasteiger partial charge in [0.05, 0.1) is 22.8 Å². The van der Waals surface area contributed by atoms with E-state index in [1.54, 1.807) is 49.4 Å². The molecule has 0 spiro atoms. The molecule has 0 aromatic heterocycles. The third-order valence-electron chi connectivity index (χ3n) is 3.87.